The van der Waals surface area contributed by atoms with Crippen molar-refractivity contribution in [1.82, 2.24) is 9.88 Å². The summed E-state index contributed by atoms with van der Waals surface area (Å²) in [4.78, 5) is 26.5. The first-order valence-electron chi connectivity index (χ1n) is 8.85. The number of likely N-dealkylation sites (N-methyl/N-ethyl adjacent to an activating group) is 1. The minimum Gasteiger partial charge on any atom is -0.478 e. The summed E-state index contributed by atoms with van der Waals surface area (Å²) in [5.41, 5.74) is 2.81. The number of aliphatic carboxylic acids is 2. The van der Waals surface area contributed by atoms with Crippen LogP contribution in [-0.4, -0.2) is 52.2 Å². The van der Waals surface area contributed by atoms with Crippen LogP contribution in [-0.2, 0) is 9.59 Å². The van der Waals surface area contributed by atoms with Crippen molar-refractivity contribution in [2.24, 2.45) is 0 Å². The Kier molecular flexibility index (Phi) is 6.03. The van der Waals surface area contributed by atoms with Crippen LogP contribution in [0, 0.1) is 0 Å². The highest BCUT2D eigenvalue weighted by molar-refractivity contribution is 7.09. The number of rotatable bonds is 3. The molecule has 7 heteroatoms. The Morgan fingerprint density at radius 2 is 2.04 bits per heavy atom. The number of hydrogen-bond acceptors (Lipinski definition) is 5. The largest absolute Gasteiger partial charge is 0.478 e. The van der Waals surface area contributed by atoms with Crippen LogP contribution >= 0.6 is 11.3 Å². The van der Waals surface area contributed by atoms with Gasteiger partial charge in [-0.05, 0) is 50.1 Å². The molecule has 2 N–H and O–H groups in total. The Labute approximate surface area is 161 Å². The van der Waals surface area contributed by atoms with Gasteiger partial charge in [0.15, 0.2) is 0 Å². The van der Waals surface area contributed by atoms with E-state index < -0.39 is 11.9 Å². The zero-order chi connectivity index (χ0) is 19.4. The zero-order valence-electron chi connectivity index (χ0n) is 15.1. The van der Waals surface area contributed by atoms with Crippen LogP contribution in [0.5, 0.6) is 0 Å². The molecule has 0 spiro atoms. The lowest BCUT2D eigenvalue weighted by atomic mass is 9.99. The number of allylic oxidation sites excluding steroid dienone is 4. The quantitative estimate of drug-likeness (QED) is 0.765. The molecule has 2 heterocycles. The number of carboxylic acids is 2. The lowest BCUT2D eigenvalue weighted by Crippen LogP contribution is -2.31. The molecule has 0 amide bonds. The number of carboxylic acid groups (broad SMARTS) is 2. The molecule has 2 aliphatic carbocycles. The van der Waals surface area contributed by atoms with Crippen LogP contribution in [0.15, 0.2) is 36.0 Å². The first-order chi connectivity index (χ1) is 12.9. The van der Waals surface area contributed by atoms with Gasteiger partial charge in [-0.15, -0.1) is 11.3 Å². The van der Waals surface area contributed by atoms with Crippen molar-refractivity contribution in [2.45, 2.75) is 25.2 Å². The molecule has 1 saturated heterocycles. The lowest BCUT2D eigenvalue weighted by molar-refractivity contribution is -0.134. The summed E-state index contributed by atoms with van der Waals surface area (Å²) < 4.78 is 1.38. The minimum atomic E-state index is -1.26. The maximum absolute atomic E-state index is 9.55. The number of aromatic nitrogens is 1. The van der Waals surface area contributed by atoms with E-state index in [0.717, 1.165) is 6.42 Å². The van der Waals surface area contributed by atoms with Crippen molar-refractivity contribution < 1.29 is 19.8 Å². The SMILES string of the molecule is CN1CCCC(c2nc3c(s2)=CC2=CC=CCC=32)C1.O=C(O)C=CC(=O)O. The van der Waals surface area contributed by atoms with Crippen molar-refractivity contribution in [3.63, 3.8) is 0 Å². The van der Waals surface area contributed by atoms with E-state index in [0.29, 0.717) is 18.1 Å². The molecule has 0 aromatic carbocycles. The second kappa shape index (κ2) is 8.45. The van der Waals surface area contributed by atoms with E-state index in [1.54, 1.807) is 0 Å². The zero-order valence-corrected chi connectivity index (χ0v) is 15.9. The molecule has 4 rings (SSSR count). The van der Waals surface area contributed by atoms with Gasteiger partial charge in [-0.1, -0.05) is 18.2 Å². The number of likely N-dealkylation sites (tertiary alicyclic amines) is 1. The monoisotopic (exact) mass is 386 g/mol. The van der Waals surface area contributed by atoms with Crippen LogP contribution in [0.4, 0.5) is 0 Å². The van der Waals surface area contributed by atoms with Gasteiger partial charge in [-0.25, -0.2) is 14.6 Å². The van der Waals surface area contributed by atoms with E-state index >= 15 is 0 Å². The van der Waals surface area contributed by atoms with Gasteiger partial charge in [0, 0.05) is 24.6 Å². The molecule has 0 radical (unpaired) electrons. The number of piperidine rings is 1. The van der Waals surface area contributed by atoms with Gasteiger partial charge in [0.05, 0.1) is 14.9 Å². The summed E-state index contributed by atoms with van der Waals surface area (Å²) in [5, 5.41) is 18.2. The average Bonchev–Trinajstić information content (AvgIpc) is 3.18. The lowest BCUT2D eigenvalue weighted by Gasteiger charge is -2.28. The molecule has 1 aromatic rings. The molecular formula is C20H22N2O4S. The Bertz CT molecular complexity index is 939. The highest BCUT2D eigenvalue weighted by Gasteiger charge is 2.23. The van der Waals surface area contributed by atoms with Gasteiger partial charge >= 0.3 is 11.9 Å². The molecule has 142 valence electrons. The average molecular weight is 386 g/mol. The Hall–Kier alpha value is -2.51. The molecular weight excluding hydrogens is 364 g/mol. The third-order valence-corrected chi connectivity index (χ3v) is 5.83. The van der Waals surface area contributed by atoms with Crippen molar-refractivity contribution in [3.05, 3.63) is 50.8 Å². The number of hydrogen-bond donors (Lipinski definition) is 2. The first-order valence-corrected chi connectivity index (χ1v) is 9.67. The van der Waals surface area contributed by atoms with Gasteiger partial charge in [-0.2, -0.15) is 0 Å². The van der Waals surface area contributed by atoms with E-state index in [1.165, 1.54) is 52.0 Å². The van der Waals surface area contributed by atoms with Crippen LogP contribution in [0.25, 0.3) is 11.6 Å². The maximum Gasteiger partial charge on any atom is 0.328 e. The second-order valence-corrected chi connectivity index (χ2v) is 7.82. The van der Waals surface area contributed by atoms with E-state index in [-0.39, 0.29) is 0 Å². The van der Waals surface area contributed by atoms with Crippen molar-refractivity contribution in [3.8, 4) is 0 Å². The molecule has 0 bridgehead atoms. The molecule has 1 fully saturated rings. The predicted octanol–water partition coefficient (Wildman–Crippen LogP) is 1.50. The Morgan fingerprint density at radius 3 is 2.70 bits per heavy atom. The highest BCUT2D eigenvalue weighted by atomic mass is 32.1. The summed E-state index contributed by atoms with van der Waals surface area (Å²) in [6.07, 6.45) is 13.7. The third-order valence-electron chi connectivity index (χ3n) is 4.67. The number of carbonyl (C=O) groups is 2. The normalized spacial score (nSPS) is 21.0. The van der Waals surface area contributed by atoms with Gasteiger partial charge in [0.25, 0.3) is 0 Å². The Balaban J connectivity index is 0.000000226. The first kappa shape index (κ1) is 19.3. The molecule has 1 atom stereocenters. The van der Waals surface area contributed by atoms with E-state index in [2.05, 4.69) is 36.3 Å². The van der Waals surface area contributed by atoms with E-state index in [1.807, 2.05) is 11.3 Å². The number of fused-ring (bicyclic) bond motifs is 2. The molecule has 1 aromatic heterocycles. The minimum absolute atomic E-state index is 0.558. The van der Waals surface area contributed by atoms with Crippen LogP contribution in [0.1, 0.15) is 30.2 Å². The molecule has 3 aliphatic rings. The molecule has 6 nitrogen and oxygen atoms in total. The summed E-state index contributed by atoms with van der Waals surface area (Å²) >= 11 is 1.91. The molecule has 27 heavy (non-hydrogen) atoms. The highest BCUT2D eigenvalue weighted by Crippen LogP contribution is 2.28. The van der Waals surface area contributed by atoms with Crippen molar-refractivity contribution >= 4 is 34.9 Å². The number of nitrogens with zero attached hydrogens (tertiary/aromatic N) is 2. The van der Waals surface area contributed by atoms with Crippen LogP contribution < -0.4 is 9.88 Å². The summed E-state index contributed by atoms with van der Waals surface area (Å²) in [7, 11) is 2.22. The van der Waals surface area contributed by atoms with Gasteiger partial charge < -0.3 is 15.1 Å². The topological polar surface area (TPSA) is 90.7 Å². The third kappa shape index (κ3) is 4.81. The smallest absolute Gasteiger partial charge is 0.328 e. The summed E-state index contributed by atoms with van der Waals surface area (Å²) in [6.45, 7) is 2.41. The van der Waals surface area contributed by atoms with Crippen molar-refractivity contribution in [1.29, 1.82) is 0 Å². The summed E-state index contributed by atoms with van der Waals surface area (Å²) in [6, 6.07) is 0. The standard InChI is InChI=1S/C16H18N2S.C4H4O4/c1-18-8-4-6-12(10-18)16-17-15-13-7-3-2-5-11(13)9-14(15)19-16;5-3(6)1-2-4(7)8/h2-3,5,9,12H,4,6-8,10H2,1H3;1-2H,(H,5,6)(H,7,8). The van der Waals surface area contributed by atoms with Crippen LogP contribution in [0.3, 0.4) is 0 Å². The molecule has 0 saturated carbocycles. The molecule has 1 unspecified atom stereocenters. The van der Waals surface area contributed by atoms with Gasteiger partial charge in [0.2, 0.25) is 0 Å². The fourth-order valence-corrected chi connectivity index (χ4v) is 4.61. The van der Waals surface area contributed by atoms with E-state index in [4.69, 9.17) is 15.2 Å². The Morgan fingerprint density at radius 1 is 1.30 bits per heavy atom. The summed E-state index contributed by atoms with van der Waals surface area (Å²) in [5.74, 6) is -1.87. The van der Waals surface area contributed by atoms with Crippen LogP contribution in [0.2, 0.25) is 0 Å². The predicted molar refractivity (Wildman–Crippen MR) is 105 cm³/mol. The van der Waals surface area contributed by atoms with E-state index in [9.17, 15) is 9.59 Å². The van der Waals surface area contributed by atoms with Gasteiger partial charge in [-0.3, -0.25) is 0 Å². The second-order valence-electron chi connectivity index (χ2n) is 6.75. The fraction of sp³-hybridized carbons (Fsp3) is 0.350. The van der Waals surface area contributed by atoms with Gasteiger partial charge in [0.1, 0.15) is 0 Å². The molecule has 1 aliphatic heterocycles. The number of thiazole rings is 1. The fourth-order valence-electron chi connectivity index (χ4n) is 3.43. The maximum atomic E-state index is 9.55. The van der Waals surface area contributed by atoms with Crippen molar-refractivity contribution in [2.75, 3.05) is 20.1 Å².